The van der Waals surface area contributed by atoms with Crippen LogP contribution in [-0.2, 0) is 6.54 Å². The minimum atomic E-state index is -0.533. The van der Waals surface area contributed by atoms with Crippen LogP contribution in [0.2, 0.25) is 10.0 Å². The number of hydrogen-bond donors (Lipinski definition) is 2. The smallest absolute Gasteiger partial charge is 0.265 e. The predicted octanol–water partition coefficient (Wildman–Crippen LogP) is 2.96. The van der Waals surface area contributed by atoms with Gasteiger partial charge in [0.15, 0.2) is 0 Å². The number of aromatic nitrogens is 3. The molecular weight excluding hydrogens is 381 g/mol. The van der Waals surface area contributed by atoms with Crippen LogP contribution in [0.1, 0.15) is 15.9 Å². The van der Waals surface area contributed by atoms with Gasteiger partial charge >= 0.3 is 0 Å². The number of nitrogens with two attached hydrogens (primary N) is 1. The van der Waals surface area contributed by atoms with E-state index in [0.29, 0.717) is 15.6 Å². The summed E-state index contributed by atoms with van der Waals surface area (Å²) in [4.78, 5) is 24.7. The zero-order valence-corrected chi connectivity index (χ0v) is 15.0. The molecule has 26 heavy (non-hydrogen) atoms. The highest BCUT2D eigenvalue weighted by atomic mass is 35.5. The van der Waals surface area contributed by atoms with Gasteiger partial charge in [0.25, 0.3) is 11.8 Å². The van der Waals surface area contributed by atoms with Crippen molar-refractivity contribution in [3.63, 3.8) is 0 Å². The second-order valence-electron chi connectivity index (χ2n) is 5.04. The van der Waals surface area contributed by atoms with E-state index in [4.69, 9.17) is 38.1 Å². The number of ether oxygens (including phenoxy) is 1. The van der Waals surface area contributed by atoms with Gasteiger partial charge in [0, 0.05) is 22.2 Å². The summed E-state index contributed by atoms with van der Waals surface area (Å²) in [6.45, 7) is 0.0986. The largest absolute Gasteiger partial charge is 0.480 e. The molecule has 3 rings (SSSR count). The zero-order valence-electron chi connectivity index (χ0n) is 13.5. The van der Waals surface area contributed by atoms with E-state index in [1.165, 1.54) is 19.6 Å². The molecule has 1 aromatic carbocycles. The Morgan fingerprint density at radius 3 is 2.65 bits per heavy atom. The minimum Gasteiger partial charge on any atom is -0.480 e. The summed E-state index contributed by atoms with van der Waals surface area (Å²) in [5.74, 6) is -0.351. The highest BCUT2D eigenvalue weighted by Gasteiger charge is 2.22. The van der Waals surface area contributed by atoms with Gasteiger partial charge in [-0.05, 0) is 12.1 Å². The minimum absolute atomic E-state index is 0.00606. The fourth-order valence-corrected chi connectivity index (χ4v) is 2.74. The summed E-state index contributed by atoms with van der Waals surface area (Å²) < 4.78 is 10.3. The summed E-state index contributed by atoms with van der Waals surface area (Å²) in [6.07, 6.45) is 2.81. The van der Waals surface area contributed by atoms with Crippen molar-refractivity contribution < 1.29 is 13.9 Å². The molecule has 0 unspecified atom stereocenters. The van der Waals surface area contributed by atoms with Crippen LogP contribution in [0.4, 0.5) is 5.82 Å². The van der Waals surface area contributed by atoms with Crippen LogP contribution in [0.15, 0.2) is 35.1 Å². The van der Waals surface area contributed by atoms with Crippen molar-refractivity contribution in [2.45, 2.75) is 6.54 Å². The van der Waals surface area contributed by atoms with Crippen molar-refractivity contribution >= 4 is 34.9 Å². The number of nitrogens with one attached hydrogen (secondary N) is 1. The lowest BCUT2D eigenvalue weighted by molar-refractivity contribution is 0.0948. The molecule has 1 amide bonds. The monoisotopic (exact) mass is 393 g/mol. The number of anilines is 1. The van der Waals surface area contributed by atoms with Crippen molar-refractivity contribution in [1.29, 1.82) is 0 Å². The first-order chi connectivity index (χ1) is 12.5. The maximum atomic E-state index is 12.6. The molecule has 134 valence electrons. The van der Waals surface area contributed by atoms with Gasteiger partial charge in [0.2, 0.25) is 11.7 Å². The third-order valence-electron chi connectivity index (χ3n) is 3.44. The van der Waals surface area contributed by atoms with Gasteiger partial charge in [0.1, 0.15) is 17.6 Å². The quantitative estimate of drug-likeness (QED) is 0.683. The van der Waals surface area contributed by atoms with Gasteiger partial charge in [-0.15, -0.1) is 0 Å². The van der Waals surface area contributed by atoms with E-state index in [1.54, 1.807) is 18.2 Å². The van der Waals surface area contributed by atoms with E-state index in [2.05, 4.69) is 20.3 Å². The number of nitrogens with zero attached hydrogens (tertiary/aromatic N) is 3. The Bertz CT molecular complexity index is 927. The molecule has 8 nitrogen and oxygen atoms in total. The second kappa shape index (κ2) is 7.59. The molecule has 0 aliphatic heterocycles. The maximum Gasteiger partial charge on any atom is 0.265 e. The predicted molar refractivity (Wildman–Crippen MR) is 96.1 cm³/mol. The lowest BCUT2D eigenvalue weighted by atomic mass is 10.2. The van der Waals surface area contributed by atoms with E-state index in [0.717, 1.165) is 0 Å². The molecule has 0 radical (unpaired) electrons. The first-order valence-corrected chi connectivity index (χ1v) is 8.09. The molecule has 0 aliphatic rings. The van der Waals surface area contributed by atoms with E-state index >= 15 is 0 Å². The molecular formula is C16H13Cl2N5O3. The van der Waals surface area contributed by atoms with E-state index in [9.17, 15) is 4.79 Å². The molecule has 0 spiro atoms. The molecule has 3 aromatic rings. The van der Waals surface area contributed by atoms with Crippen molar-refractivity contribution in [1.82, 2.24) is 20.3 Å². The molecule has 2 aromatic heterocycles. The normalized spacial score (nSPS) is 10.6. The van der Waals surface area contributed by atoms with Crippen LogP contribution in [0.25, 0.3) is 11.7 Å². The van der Waals surface area contributed by atoms with Crippen molar-refractivity contribution in [3.05, 3.63) is 51.8 Å². The number of rotatable bonds is 5. The molecule has 2 heterocycles. The Morgan fingerprint density at radius 1 is 1.31 bits per heavy atom. The van der Waals surface area contributed by atoms with Crippen LogP contribution in [0.3, 0.4) is 0 Å². The van der Waals surface area contributed by atoms with Gasteiger partial charge in [0.05, 0.1) is 13.3 Å². The topological polar surface area (TPSA) is 116 Å². The lowest BCUT2D eigenvalue weighted by Gasteiger charge is -2.12. The number of oxazole rings is 1. The number of methoxy groups -OCH3 is 1. The molecule has 0 saturated heterocycles. The molecule has 3 N–H and O–H groups in total. The summed E-state index contributed by atoms with van der Waals surface area (Å²) in [7, 11) is 1.36. The Hall–Kier alpha value is -2.84. The third-order valence-corrected chi connectivity index (χ3v) is 4.14. The first kappa shape index (κ1) is 18.0. The van der Waals surface area contributed by atoms with E-state index in [1.807, 2.05) is 0 Å². The van der Waals surface area contributed by atoms with Gasteiger partial charge in [-0.1, -0.05) is 29.3 Å². The van der Waals surface area contributed by atoms with Crippen LogP contribution in [0, 0.1) is 0 Å². The summed E-state index contributed by atoms with van der Waals surface area (Å²) in [5, 5.41) is 3.56. The maximum absolute atomic E-state index is 12.6. The van der Waals surface area contributed by atoms with Gasteiger partial charge in [-0.2, -0.15) is 4.98 Å². The Labute approximate surface area is 158 Å². The molecule has 0 saturated carbocycles. The Balaban J connectivity index is 1.87. The van der Waals surface area contributed by atoms with Crippen LogP contribution in [-0.4, -0.2) is 28.0 Å². The number of carbonyl (C=O) groups is 1. The Morgan fingerprint density at radius 2 is 2.04 bits per heavy atom. The van der Waals surface area contributed by atoms with Crippen LogP contribution in [0.5, 0.6) is 5.88 Å². The molecule has 0 atom stereocenters. The highest BCUT2D eigenvalue weighted by Crippen LogP contribution is 2.26. The average molecular weight is 394 g/mol. The van der Waals surface area contributed by atoms with Gasteiger partial charge in [-0.25, -0.2) is 9.97 Å². The second-order valence-corrected chi connectivity index (χ2v) is 5.85. The number of benzene rings is 1. The number of nitrogen functional groups attached to an aromatic ring is 1. The molecule has 0 bridgehead atoms. The zero-order chi connectivity index (χ0) is 18.7. The van der Waals surface area contributed by atoms with Gasteiger partial charge < -0.3 is 20.2 Å². The fraction of sp³-hybridized carbons (Fsp3) is 0.125. The molecule has 0 aliphatic carbocycles. The van der Waals surface area contributed by atoms with E-state index in [-0.39, 0.29) is 35.5 Å². The summed E-state index contributed by atoms with van der Waals surface area (Å²) in [6, 6.07) is 5.07. The lowest BCUT2D eigenvalue weighted by Crippen LogP contribution is -2.25. The van der Waals surface area contributed by atoms with E-state index < -0.39 is 5.91 Å². The van der Waals surface area contributed by atoms with Crippen molar-refractivity contribution in [3.8, 4) is 17.6 Å². The number of hydrogen-bond acceptors (Lipinski definition) is 7. The van der Waals surface area contributed by atoms with Crippen molar-refractivity contribution in [2.24, 2.45) is 0 Å². The molecule has 0 fully saturated rings. The number of amides is 1. The third kappa shape index (κ3) is 3.56. The fourth-order valence-electron chi connectivity index (χ4n) is 2.21. The average Bonchev–Trinajstić information content (AvgIpc) is 3.15. The van der Waals surface area contributed by atoms with Crippen molar-refractivity contribution in [2.75, 3.05) is 12.8 Å². The van der Waals surface area contributed by atoms with Crippen LogP contribution < -0.4 is 15.8 Å². The Kier molecular flexibility index (Phi) is 5.24. The summed E-state index contributed by atoms with van der Waals surface area (Å²) in [5.41, 5.74) is 6.49. The number of halogens is 2. The number of carbonyl (C=O) groups excluding carboxylic acids is 1. The standard InChI is InChI=1S/C16H13Cl2N5O3/c1-25-15-11(12(19)22-13(23-15)16-20-5-6-26-16)14(24)21-7-8-9(17)3-2-4-10(8)18/h2-6H,7H2,1H3,(H,21,24)(H2,19,22,23). The van der Waals surface area contributed by atoms with Gasteiger partial charge in [-0.3, -0.25) is 4.79 Å². The highest BCUT2D eigenvalue weighted by molar-refractivity contribution is 6.36. The van der Waals surface area contributed by atoms with Crippen LogP contribution >= 0.6 is 23.2 Å². The first-order valence-electron chi connectivity index (χ1n) is 7.33. The SMILES string of the molecule is COc1nc(-c2ncco2)nc(N)c1C(=O)NCc1c(Cl)cccc1Cl. The summed E-state index contributed by atoms with van der Waals surface area (Å²) >= 11 is 12.2. The molecule has 10 heteroatoms.